The van der Waals surface area contributed by atoms with Gasteiger partial charge in [-0.2, -0.15) is 0 Å². The average Bonchev–Trinajstić information content (AvgIpc) is 3.26. The van der Waals surface area contributed by atoms with Crippen LogP contribution < -0.4 is 0 Å². The van der Waals surface area contributed by atoms with E-state index in [-0.39, 0.29) is 31.1 Å². The lowest BCUT2D eigenvalue weighted by molar-refractivity contribution is -0.167. The van der Waals surface area contributed by atoms with Crippen molar-refractivity contribution in [2.24, 2.45) is 0 Å². The van der Waals surface area contributed by atoms with Gasteiger partial charge in [0.2, 0.25) is 0 Å². The molecule has 0 aromatic carbocycles. The van der Waals surface area contributed by atoms with E-state index in [4.69, 9.17) is 14.2 Å². The largest absolute Gasteiger partial charge is 0.462 e. The van der Waals surface area contributed by atoms with E-state index in [1.165, 1.54) is 154 Å². The number of rotatable bonds is 47. The summed E-state index contributed by atoms with van der Waals surface area (Å²) >= 11 is 0. The predicted molar refractivity (Wildman–Crippen MR) is 261 cm³/mol. The molecule has 0 heterocycles. The molecule has 61 heavy (non-hydrogen) atoms. The molecular weight excluding hydrogens is 757 g/mol. The van der Waals surface area contributed by atoms with Crippen LogP contribution in [0.25, 0.3) is 0 Å². The molecule has 0 radical (unpaired) electrons. The maximum Gasteiger partial charge on any atom is 0.306 e. The highest BCUT2D eigenvalue weighted by molar-refractivity contribution is 5.71. The van der Waals surface area contributed by atoms with Crippen LogP contribution in [0.2, 0.25) is 0 Å². The van der Waals surface area contributed by atoms with Gasteiger partial charge in [-0.25, -0.2) is 0 Å². The van der Waals surface area contributed by atoms with Crippen molar-refractivity contribution < 1.29 is 28.6 Å². The highest BCUT2D eigenvalue weighted by Crippen LogP contribution is 2.16. The van der Waals surface area contributed by atoms with Crippen molar-refractivity contribution in [2.75, 3.05) is 13.2 Å². The van der Waals surface area contributed by atoms with Gasteiger partial charge in [-0.05, 0) is 38.5 Å². The fourth-order valence-corrected chi connectivity index (χ4v) is 7.51. The summed E-state index contributed by atoms with van der Waals surface area (Å²) in [6, 6.07) is 0. The molecule has 0 fully saturated rings. The first-order chi connectivity index (χ1) is 30.0. The van der Waals surface area contributed by atoms with Crippen LogP contribution in [0, 0.1) is 0 Å². The summed E-state index contributed by atoms with van der Waals surface area (Å²) in [5.74, 6) is -0.911. The van der Waals surface area contributed by atoms with Gasteiger partial charge < -0.3 is 14.2 Å². The molecule has 0 aliphatic rings. The summed E-state index contributed by atoms with van der Waals surface area (Å²) in [6.45, 7) is 6.49. The highest BCUT2D eigenvalue weighted by Gasteiger charge is 2.19. The average molecular weight is 855 g/mol. The molecule has 0 amide bonds. The monoisotopic (exact) mass is 855 g/mol. The normalized spacial score (nSPS) is 12.4. The van der Waals surface area contributed by atoms with Crippen LogP contribution in [-0.2, 0) is 28.6 Å². The van der Waals surface area contributed by atoms with Crippen molar-refractivity contribution in [1.29, 1.82) is 0 Å². The van der Waals surface area contributed by atoms with Crippen LogP contribution in [-0.4, -0.2) is 37.2 Å². The van der Waals surface area contributed by atoms with Gasteiger partial charge in [0.15, 0.2) is 6.10 Å². The fourth-order valence-electron chi connectivity index (χ4n) is 7.51. The van der Waals surface area contributed by atoms with Gasteiger partial charge in [-0.1, -0.05) is 256 Å². The maximum atomic E-state index is 12.8. The summed E-state index contributed by atoms with van der Waals surface area (Å²) in [5.41, 5.74) is 0. The van der Waals surface area contributed by atoms with Crippen molar-refractivity contribution >= 4 is 17.9 Å². The Morgan fingerprint density at radius 1 is 0.344 bits per heavy atom. The Labute approximate surface area is 378 Å². The first-order valence-electron chi connectivity index (χ1n) is 26.2. The second-order valence-electron chi connectivity index (χ2n) is 17.5. The van der Waals surface area contributed by atoms with Crippen molar-refractivity contribution in [3.05, 3.63) is 48.6 Å². The topological polar surface area (TPSA) is 78.9 Å². The van der Waals surface area contributed by atoms with Gasteiger partial charge in [-0.15, -0.1) is 0 Å². The number of carbonyl (C=O) groups is 3. The molecule has 0 N–H and O–H groups in total. The number of hydrogen-bond donors (Lipinski definition) is 0. The van der Waals surface area contributed by atoms with E-state index in [9.17, 15) is 14.4 Å². The standard InChI is InChI=1S/C55H98O6/c1-4-7-10-13-16-19-22-25-27-28-31-33-36-39-42-45-48-54(57)60-51-52(50-59-53(56)47-44-41-38-35-32-29-24-21-18-15-12-9-6-3)61-55(58)49-46-43-40-37-34-30-26-23-20-17-14-11-8-5-2/h9,12,15,18,21,24,29,32,52H,4-8,10-11,13-14,16-17,19-20,22-23,25-28,30-31,33-51H2,1-3H3/b12-9-,18-15-,24-21-,32-29-. The van der Waals surface area contributed by atoms with Gasteiger partial charge in [0.25, 0.3) is 0 Å². The van der Waals surface area contributed by atoms with Crippen LogP contribution in [0.1, 0.15) is 265 Å². The molecule has 0 spiro atoms. The molecule has 1 atom stereocenters. The summed E-state index contributed by atoms with van der Waals surface area (Å²) in [7, 11) is 0. The number of hydrogen-bond acceptors (Lipinski definition) is 6. The third-order valence-corrected chi connectivity index (χ3v) is 11.4. The van der Waals surface area contributed by atoms with Gasteiger partial charge in [0, 0.05) is 19.3 Å². The molecule has 1 unspecified atom stereocenters. The Bertz CT molecular complexity index is 1070. The number of ether oxygens (including phenoxy) is 3. The van der Waals surface area contributed by atoms with E-state index in [2.05, 4.69) is 39.0 Å². The van der Waals surface area contributed by atoms with Gasteiger partial charge in [-0.3, -0.25) is 14.4 Å². The lowest BCUT2D eigenvalue weighted by Crippen LogP contribution is -2.30. The van der Waals surface area contributed by atoms with Crippen LogP contribution in [0.15, 0.2) is 48.6 Å². The molecule has 0 aromatic heterocycles. The third-order valence-electron chi connectivity index (χ3n) is 11.4. The summed E-state index contributed by atoms with van der Waals surface area (Å²) < 4.78 is 16.8. The lowest BCUT2D eigenvalue weighted by Gasteiger charge is -2.18. The minimum absolute atomic E-state index is 0.0819. The summed E-state index contributed by atoms with van der Waals surface area (Å²) in [5, 5.41) is 0. The molecule has 0 aliphatic carbocycles. The zero-order chi connectivity index (χ0) is 44.4. The molecule has 0 bridgehead atoms. The summed E-state index contributed by atoms with van der Waals surface area (Å²) in [4.78, 5) is 38.0. The lowest BCUT2D eigenvalue weighted by atomic mass is 10.0. The van der Waals surface area contributed by atoms with E-state index in [1.54, 1.807) is 0 Å². The van der Waals surface area contributed by atoms with Crippen molar-refractivity contribution in [3.8, 4) is 0 Å². The Morgan fingerprint density at radius 3 is 1.00 bits per heavy atom. The number of unbranched alkanes of at least 4 members (excludes halogenated alkanes) is 31. The van der Waals surface area contributed by atoms with Crippen LogP contribution in [0.4, 0.5) is 0 Å². The molecule has 6 nitrogen and oxygen atoms in total. The Balaban J connectivity index is 4.38. The molecule has 0 saturated carbocycles. The van der Waals surface area contributed by atoms with Crippen molar-refractivity contribution in [2.45, 2.75) is 271 Å². The fraction of sp³-hybridized carbons (Fsp3) is 0.800. The van der Waals surface area contributed by atoms with Gasteiger partial charge in [0.1, 0.15) is 13.2 Å². The zero-order valence-electron chi connectivity index (χ0n) is 40.4. The number of allylic oxidation sites excluding steroid dienone is 8. The first kappa shape index (κ1) is 58.4. The molecule has 6 heteroatoms. The smallest absolute Gasteiger partial charge is 0.306 e. The molecule has 0 saturated heterocycles. The van der Waals surface area contributed by atoms with E-state index in [1.807, 2.05) is 30.4 Å². The number of esters is 3. The molecule has 354 valence electrons. The SMILES string of the molecule is CC\C=C/C=C\C=C/C=C\CCCCCC(=O)OCC(COC(=O)CCCCCCCCCCCCCCCCCC)OC(=O)CCCCCCCCCCCCCCCC. The minimum atomic E-state index is -0.784. The van der Waals surface area contributed by atoms with Crippen LogP contribution in [0.3, 0.4) is 0 Å². The van der Waals surface area contributed by atoms with E-state index < -0.39 is 6.10 Å². The molecule has 0 aliphatic heterocycles. The molecule has 0 rings (SSSR count). The first-order valence-corrected chi connectivity index (χ1v) is 26.2. The molecule has 0 aromatic rings. The predicted octanol–water partition coefficient (Wildman–Crippen LogP) is 17.1. The maximum absolute atomic E-state index is 12.8. The zero-order valence-corrected chi connectivity index (χ0v) is 40.4. The minimum Gasteiger partial charge on any atom is -0.462 e. The van der Waals surface area contributed by atoms with Crippen LogP contribution in [0.5, 0.6) is 0 Å². The second-order valence-corrected chi connectivity index (χ2v) is 17.5. The summed E-state index contributed by atoms with van der Waals surface area (Å²) in [6.07, 6.45) is 59.5. The quantitative estimate of drug-likeness (QED) is 0.0263. The Morgan fingerprint density at radius 2 is 0.639 bits per heavy atom. The van der Waals surface area contributed by atoms with Crippen molar-refractivity contribution in [3.63, 3.8) is 0 Å². The van der Waals surface area contributed by atoms with Gasteiger partial charge >= 0.3 is 17.9 Å². The van der Waals surface area contributed by atoms with E-state index in [0.29, 0.717) is 19.3 Å². The molecular formula is C55H98O6. The third kappa shape index (κ3) is 48.3. The van der Waals surface area contributed by atoms with Crippen LogP contribution >= 0.6 is 0 Å². The van der Waals surface area contributed by atoms with E-state index >= 15 is 0 Å². The van der Waals surface area contributed by atoms with Crippen molar-refractivity contribution in [1.82, 2.24) is 0 Å². The highest BCUT2D eigenvalue weighted by atomic mass is 16.6. The second kappa shape index (κ2) is 50.0. The Kier molecular flexibility index (Phi) is 47.9. The van der Waals surface area contributed by atoms with Gasteiger partial charge in [0.05, 0.1) is 0 Å². The number of carbonyl (C=O) groups excluding carboxylic acids is 3. The van der Waals surface area contributed by atoms with E-state index in [0.717, 1.165) is 70.6 Å². The Hall–Kier alpha value is -2.63.